The van der Waals surface area contributed by atoms with Crippen molar-refractivity contribution in [2.45, 2.75) is 37.1 Å². The Morgan fingerprint density at radius 2 is 1.89 bits per heavy atom. The summed E-state index contributed by atoms with van der Waals surface area (Å²) in [4.78, 5) is 9.70. The van der Waals surface area contributed by atoms with Crippen LogP contribution in [0.5, 0.6) is 0 Å². The van der Waals surface area contributed by atoms with E-state index in [1.54, 1.807) is 0 Å². The van der Waals surface area contributed by atoms with Crippen molar-refractivity contribution in [1.82, 2.24) is 0 Å². The number of sulfone groups is 1. The van der Waals surface area contributed by atoms with Crippen molar-refractivity contribution in [2.24, 2.45) is 0 Å². The lowest BCUT2D eigenvalue weighted by Crippen LogP contribution is -2.28. The van der Waals surface area contributed by atoms with Crippen molar-refractivity contribution in [3.8, 4) is 0 Å². The molecule has 0 fully saturated rings. The van der Waals surface area contributed by atoms with Gasteiger partial charge in [-0.15, -0.1) is 0 Å². The van der Waals surface area contributed by atoms with Gasteiger partial charge in [-0.1, -0.05) is 6.07 Å². The van der Waals surface area contributed by atoms with Gasteiger partial charge in [0.15, 0.2) is 9.84 Å². The summed E-state index contributed by atoms with van der Waals surface area (Å²) in [5.74, 6) is 0. The second kappa shape index (κ2) is 4.64. The highest BCUT2D eigenvalue weighted by molar-refractivity contribution is 7.92. The summed E-state index contributed by atoms with van der Waals surface area (Å²) in [5.41, 5.74) is -0.505. The van der Waals surface area contributed by atoms with E-state index in [2.05, 4.69) is 0 Å². The number of rotatable bonds is 3. The molecule has 0 N–H and O–H groups in total. The van der Waals surface area contributed by atoms with Crippen LogP contribution in [0, 0.1) is 10.1 Å². The molecule has 0 aromatic heterocycles. The summed E-state index contributed by atoms with van der Waals surface area (Å²) in [6.45, 7) is 3.48. The predicted molar refractivity (Wildman–Crippen MR) is 64.8 cm³/mol. The third-order valence-electron chi connectivity index (χ3n) is 2.47. The second-order valence-corrected chi connectivity index (χ2v) is 7.48. The summed E-state index contributed by atoms with van der Waals surface area (Å²) in [6.07, 6.45) is 0. The Bertz CT molecular complexity index is 575. The van der Waals surface area contributed by atoms with Gasteiger partial charge in [-0.3, -0.25) is 10.1 Å². The largest absolute Gasteiger partial charge is 0.288 e. The maximum Gasteiger partial charge on any atom is 0.288 e. The molecule has 7 heteroatoms. The van der Waals surface area contributed by atoms with Gasteiger partial charge in [0.05, 0.1) is 9.67 Å². The first-order valence-electron chi connectivity index (χ1n) is 5.19. The second-order valence-electron chi connectivity index (χ2n) is 4.81. The minimum atomic E-state index is -3.84. The highest BCUT2D eigenvalue weighted by Gasteiger charge is 2.36. The lowest BCUT2D eigenvalue weighted by atomic mass is 10.2. The lowest BCUT2D eigenvalue weighted by Gasteiger charge is -2.19. The van der Waals surface area contributed by atoms with Gasteiger partial charge in [0.2, 0.25) is 0 Å². The molecule has 0 spiro atoms. The Hall–Kier alpha value is -1.50. The van der Waals surface area contributed by atoms with Crippen LogP contribution in [0.1, 0.15) is 26.3 Å². The third kappa shape index (κ3) is 2.50. The van der Waals surface area contributed by atoms with Crippen LogP contribution in [0.25, 0.3) is 0 Å². The van der Waals surface area contributed by atoms with Crippen LogP contribution < -0.4 is 0 Å². The molecule has 0 heterocycles. The standard InChI is InChI=1S/C11H14FNO4S/c1-11(2,3)18(16,17)10-5-4-8(7-12)6-9(10)13(14)15/h4-6H,7H2,1-3H3. The first-order chi connectivity index (χ1) is 8.11. The van der Waals surface area contributed by atoms with Gasteiger partial charge in [-0.25, -0.2) is 12.8 Å². The summed E-state index contributed by atoms with van der Waals surface area (Å²) < 4.78 is 35.7. The first-order valence-corrected chi connectivity index (χ1v) is 6.67. The molecule has 0 radical (unpaired) electrons. The minimum Gasteiger partial charge on any atom is -0.258 e. The van der Waals surface area contributed by atoms with Crippen LogP contribution in [0.4, 0.5) is 10.1 Å². The monoisotopic (exact) mass is 275 g/mol. The van der Waals surface area contributed by atoms with Crippen LogP contribution in [0.15, 0.2) is 23.1 Å². The van der Waals surface area contributed by atoms with Crippen molar-refractivity contribution in [1.29, 1.82) is 0 Å². The number of hydrogen-bond donors (Lipinski definition) is 0. The molecule has 0 aliphatic carbocycles. The molecule has 0 amide bonds. The molecule has 0 bridgehead atoms. The number of nitrogens with zero attached hydrogens (tertiary/aromatic N) is 1. The fourth-order valence-electron chi connectivity index (χ4n) is 1.35. The Labute approximate surface area is 105 Å². The normalized spacial score (nSPS) is 12.4. The highest BCUT2D eigenvalue weighted by Crippen LogP contribution is 2.32. The van der Waals surface area contributed by atoms with Gasteiger partial charge >= 0.3 is 0 Å². The molecule has 1 aromatic rings. The van der Waals surface area contributed by atoms with E-state index in [9.17, 15) is 22.9 Å². The van der Waals surface area contributed by atoms with E-state index in [1.165, 1.54) is 26.8 Å². The number of nitro benzene ring substituents is 1. The molecule has 1 rings (SSSR count). The van der Waals surface area contributed by atoms with Crippen molar-refractivity contribution in [3.63, 3.8) is 0 Å². The van der Waals surface area contributed by atoms with Crippen molar-refractivity contribution in [3.05, 3.63) is 33.9 Å². The van der Waals surface area contributed by atoms with Gasteiger partial charge in [0.1, 0.15) is 11.6 Å². The Morgan fingerprint density at radius 1 is 1.33 bits per heavy atom. The van der Waals surface area contributed by atoms with Gasteiger partial charge in [0, 0.05) is 6.07 Å². The fraction of sp³-hybridized carbons (Fsp3) is 0.455. The van der Waals surface area contributed by atoms with E-state index < -0.39 is 31.9 Å². The van der Waals surface area contributed by atoms with Crippen LogP contribution in [-0.4, -0.2) is 18.1 Å². The molecular weight excluding hydrogens is 261 g/mol. The topological polar surface area (TPSA) is 77.3 Å². The molecule has 0 aliphatic heterocycles. The molecule has 0 unspecified atom stereocenters. The van der Waals surface area contributed by atoms with E-state index in [4.69, 9.17) is 0 Å². The van der Waals surface area contributed by atoms with Crippen molar-refractivity contribution in [2.75, 3.05) is 0 Å². The SMILES string of the molecule is CC(C)(C)S(=O)(=O)c1ccc(CF)cc1[N+](=O)[O-]. The molecule has 100 valence electrons. The number of nitro groups is 1. The molecule has 0 saturated carbocycles. The molecule has 0 atom stereocenters. The summed E-state index contributed by atoms with van der Waals surface area (Å²) in [5, 5.41) is 10.9. The van der Waals surface area contributed by atoms with E-state index in [1.807, 2.05) is 0 Å². The Balaban J connectivity index is 3.57. The van der Waals surface area contributed by atoms with Crippen LogP contribution in [0.2, 0.25) is 0 Å². The average molecular weight is 275 g/mol. The van der Waals surface area contributed by atoms with Crippen LogP contribution >= 0.6 is 0 Å². The van der Waals surface area contributed by atoms with E-state index >= 15 is 0 Å². The molecule has 18 heavy (non-hydrogen) atoms. The third-order valence-corrected chi connectivity index (χ3v) is 5.01. The zero-order chi connectivity index (χ0) is 14.1. The van der Waals surface area contributed by atoms with Crippen LogP contribution in [0.3, 0.4) is 0 Å². The smallest absolute Gasteiger partial charge is 0.258 e. The lowest BCUT2D eigenvalue weighted by molar-refractivity contribution is -0.387. The zero-order valence-corrected chi connectivity index (χ0v) is 11.1. The number of benzene rings is 1. The van der Waals surface area contributed by atoms with Gasteiger partial charge in [-0.05, 0) is 32.4 Å². The molecule has 0 aliphatic rings. The predicted octanol–water partition coefficient (Wildman–Crippen LogP) is 2.64. The average Bonchev–Trinajstić information content (AvgIpc) is 2.26. The highest BCUT2D eigenvalue weighted by atomic mass is 32.2. The summed E-state index contributed by atoms with van der Waals surface area (Å²) in [7, 11) is -3.84. The Kier molecular flexibility index (Phi) is 3.75. The quantitative estimate of drug-likeness (QED) is 0.627. The molecule has 1 aromatic carbocycles. The number of halogens is 1. The van der Waals surface area contributed by atoms with E-state index in [0.29, 0.717) is 0 Å². The molecule has 5 nitrogen and oxygen atoms in total. The van der Waals surface area contributed by atoms with Crippen molar-refractivity contribution < 1.29 is 17.7 Å². The van der Waals surface area contributed by atoms with E-state index in [-0.39, 0.29) is 10.5 Å². The van der Waals surface area contributed by atoms with Crippen LogP contribution in [-0.2, 0) is 16.5 Å². The van der Waals surface area contributed by atoms with Gasteiger partial charge < -0.3 is 0 Å². The number of alkyl halides is 1. The van der Waals surface area contributed by atoms with Crippen molar-refractivity contribution >= 4 is 15.5 Å². The van der Waals surface area contributed by atoms with Gasteiger partial charge in [0.25, 0.3) is 5.69 Å². The van der Waals surface area contributed by atoms with Gasteiger partial charge in [-0.2, -0.15) is 0 Å². The first kappa shape index (κ1) is 14.6. The Morgan fingerprint density at radius 3 is 2.28 bits per heavy atom. The summed E-state index contributed by atoms with van der Waals surface area (Å²) in [6, 6.07) is 3.29. The minimum absolute atomic E-state index is 0.0783. The fourth-order valence-corrected chi connectivity index (χ4v) is 2.66. The zero-order valence-electron chi connectivity index (χ0n) is 10.3. The molecular formula is C11H14FNO4S. The molecule has 0 saturated heterocycles. The maximum absolute atomic E-state index is 12.5. The van der Waals surface area contributed by atoms with E-state index in [0.717, 1.165) is 12.1 Å². The summed E-state index contributed by atoms with van der Waals surface area (Å²) >= 11 is 0. The maximum atomic E-state index is 12.5. The number of hydrogen-bond acceptors (Lipinski definition) is 4.